The highest BCUT2D eigenvalue weighted by Crippen LogP contribution is 2.35. The van der Waals surface area contributed by atoms with Crippen molar-refractivity contribution in [3.8, 4) is 0 Å². The number of alkyl halides is 1. The Bertz CT molecular complexity index is 1280. The van der Waals surface area contributed by atoms with Gasteiger partial charge < -0.3 is 23.7 Å². The summed E-state index contributed by atoms with van der Waals surface area (Å²) in [6.45, 7) is 1.09. The van der Waals surface area contributed by atoms with Crippen molar-refractivity contribution >= 4 is 0 Å². The van der Waals surface area contributed by atoms with Crippen LogP contribution in [0, 0.1) is 0 Å². The zero-order valence-electron chi connectivity index (χ0n) is 23.3. The molecule has 0 aromatic heterocycles. The molecule has 0 heterocycles. The Morgan fingerprint density at radius 3 is 1.00 bits per heavy atom. The van der Waals surface area contributed by atoms with Crippen LogP contribution < -0.4 is 0 Å². The summed E-state index contributed by atoms with van der Waals surface area (Å²) in [5.41, 5.74) is 3.89. The molecule has 1 aliphatic carbocycles. The summed E-state index contributed by atoms with van der Waals surface area (Å²) >= 11 is 0. The van der Waals surface area contributed by atoms with Gasteiger partial charge in [-0.15, -0.1) is 0 Å². The van der Waals surface area contributed by atoms with E-state index in [2.05, 4.69) is 0 Å². The van der Waals surface area contributed by atoms with E-state index in [1.807, 2.05) is 121 Å². The smallest absolute Gasteiger partial charge is 0.157 e. The van der Waals surface area contributed by atoms with E-state index in [-0.39, 0.29) is 19.8 Å². The molecule has 1 fully saturated rings. The Balaban J connectivity index is 1.45. The van der Waals surface area contributed by atoms with Gasteiger partial charge in [0, 0.05) is 7.11 Å². The number of methoxy groups -OCH3 is 1. The molecule has 4 aromatic rings. The van der Waals surface area contributed by atoms with Crippen molar-refractivity contribution in [3.63, 3.8) is 0 Å². The molecule has 1 saturated carbocycles. The highest BCUT2D eigenvalue weighted by atomic mass is 19.1. The van der Waals surface area contributed by atoms with Crippen LogP contribution in [0.2, 0.25) is 0 Å². The van der Waals surface area contributed by atoms with E-state index in [9.17, 15) is 0 Å². The normalized spacial score (nSPS) is 24.2. The van der Waals surface area contributed by atoms with Gasteiger partial charge in [-0.05, 0) is 22.3 Å². The summed E-state index contributed by atoms with van der Waals surface area (Å²) in [5.74, 6) is 0. The number of hydrogen-bond donors (Lipinski definition) is 0. The molecule has 214 valence electrons. The third-order valence-corrected chi connectivity index (χ3v) is 7.34. The number of ether oxygens (including phenoxy) is 5. The third kappa shape index (κ3) is 7.88. The Kier molecular flexibility index (Phi) is 10.7. The van der Waals surface area contributed by atoms with E-state index in [1.54, 1.807) is 0 Å². The molecule has 6 atom stereocenters. The van der Waals surface area contributed by atoms with Gasteiger partial charge in [0.15, 0.2) is 6.17 Å². The van der Waals surface area contributed by atoms with Crippen LogP contribution in [0.3, 0.4) is 0 Å². The van der Waals surface area contributed by atoms with Crippen molar-refractivity contribution in [2.45, 2.75) is 63.1 Å². The lowest BCUT2D eigenvalue weighted by atomic mass is 9.84. The number of benzene rings is 4. The first kappa shape index (κ1) is 29.1. The second kappa shape index (κ2) is 15.0. The lowest BCUT2D eigenvalue weighted by molar-refractivity contribution is -0.266. The number of hydrogen-bond acceptors (Lipinski definition) is 5. The van der Waals surface area contributed by atoms with E-state index in [0.29, 0.717) is 6.61 Å². The standard InChI is InChI=1S/C35H37FO5/c1-37-31-30(36)32(38-22-26-14-6-2-7-15-26)34(40-24-28-18-10-4-11-19-28)35(41-25-29-20-12-5-13-21-29)33(31)39-23-27-16-8-3-9-17-27/h2-21,30-35H,22-25H2,1H3/t30-,31-,32+,33+,34-,35-/m1/s1. The van der Waals surface area contributed by atoms with Gasteiger partial charge in [0.05, 0.1) is 26.4 Å². The van der Waals surface area contributed by atoms with E-state index in [0.717, 1.165) is 22.3 Å². The fourth-order valence-electron chi connectivity index (χ4n) is 5.20. The van der Waals surface area contributed by atoms with E-state index >= 15 is 4.39 Å². The predicted molar refractivity (Wildman–Crippen MR) is 156 cm³/mol. The molecule has 0 unspecified atom stereocenters. The zero-order chi connectivity index (χ0) is 28.3. The van der Waals surface area contributed by atoms with E-state index < -0.39 is 36.7 Å². The molecule has 41 heavy (non-hydrogen) atoms. The van der Waals surface area contributed by atoms with Gasteiger partial charge in [-0.3, -0.25) is 0 Å². The van der Waals surface area contributed by atoms with Gasteiger partial charge in [-0.1, -0.05) is 121 Å². The maximum atomic E-state index is 16.4. The van der Waals surface area contributed by atoms with E-state index in [1.165, 1.54) is 7.11 Å². The minimum atomic E-state index is -1.51. The van der Waals surface area contributed by atoms with Crippen molar-refractivity contribution in [1.29, 1.82) is 0 Å². The molecule has 4 aromatic carbocycles. The summed E-state index contributed by atoms with van der Waals surface area (Å²) < 4.78 is 48.0. The Hall–Kier alpha value is -3.39. The molecule has 5 nitrogen and oxygen atoms in total. The third-order valence-electron chi connectivity index (χ3n) is 7.34. The van der Waals surface area contributed by atoms with Crippen molar-refractivity contribution in [1.82, 2.24) is 0 Å². The average molecular weight is 557 g/mol. The van der Waals surface area contributed by atoms with Crippen LogP contribution in [0.25, 0.3) is 0 Å². The number of rotatable bonds is 13. The molecule has 0 spiro atoms. The van der Waals surface area contributed by atoms with Crippen molar-refractivity contribution in [3.05, 3.63) is 144 Å². The lowest BCUT2D eigenvalue weighted by Gasteiger charge is -2.47. The zero-order valence-corrected chi connectivity index (χ0v) is 23.3. The van der Waals surface area contributed by atoms with Gasteiger partial charge in [0.2, 0.25) is 0 Å². The molecule has 0 radical (unpaired) electrons. The van der Waals surface area contributed by atoms with Crippen LogP contribution in [0.15, 0.2) is 121 Å². The van der Waals surface area contributed by atoms with Crippen LogP contribution in [-0.4, -0.2) is 43.8 Å². The van der Waals surface area contributed by atoms with Crippen LogP contribution in [0.1, 0.15) is 22.3 Å². The van der Waals surface area contributed by atoms with Crippen LogP contribution >= 0.6 is 0 Å². The first-order valence-corrected chi connectivity index (χ1v) is 14.0. The fraction of sp³-hybridized carbons (Fsp3) is 0.314. The molecule has 6 heteroatoms. The molecule has 1 aliphatic rings. The molecular formula is C35H37FO5. The summed E-state index contributed by atoms with van der Waals surface area (Å²) in [4.78, 5) is 0. The summed E-state index contributed by atoms with van der Waals surface area (Å²) in [7, 11) is 1.50. The second-order valence-electron chi connectivity index (χ2n) is 10.2. The van der Waals surface area contributed by atoms with Gasteiger partial charge >= 0.3 is 0 Å². The summed E-state index contributed by atoms with van der Waals surface area (Å²) in [6, 6.07) is 39.3. The Morgan fingerprint density at radius 2 is 0.683 bits per heavy atom. The summed E-state index contributed by atoms with van der Waals surface area (Å²) in [6.07, 6.45) is -5.54. The quantitative estimate of drug-likeness (QED) is 0.184. The first-order valence-electron chi connectivity index (χ1n) is 14.0. The molecule has 0 saturated heterocycles. The summed E-state index contributed by atoms with van der Waals surface area (Å²) in [5, 5.41) is 0. The second-order valence-corrected chi connectivity index (χ2v) is 10.2. The Morgan fingerprint density at radius 1 is 0.415 bits per heavy atom. The SMILES string of the molecule is CO[C@@H]1[C@@H](F)[C@H](OCc2ccccc2)[C@@H](OCc2ccccc2)[C@H](OCc2ccccc2)[C@H]1OCc1ccccc1. The lowest BCUT2D eigenvalue weighted by Crippen LogP contribution is -2.65. The predicted octanol–water partition coefficient (Wildman–Crippen LogP) is 6.69. The average Bonchev–Trinajstić information content (AvgIpc) is 3.03. The highest BCUT2D eigenvalue weighted by Gasteiger charge is 2.54. The van der Waals surface area contributed by atoms with Crippen LogP contribution in [-0.2, 0) is 50.1 Å². The first-order chi connectivity index (χ1) is 20.2. The minimum Gasteiger partial charge on any atom is -0.375 e. The van der Waals surface area contributed by atoms with Crippen molar-refractivity contribution < 1.29 is 28.1 Å². The monoisotopic (exact) mass is 556 g/mol. The minimum absolute atomic E-state index is 0.231. The molecule has 0 aliphatic heterocycles. The van der Waals surface area contributed by atoms with Crippen molar-refractivity contribution in [2.24, 2.45) is 0 Å². The maximum Gasteiger partial charge on any atom is 0.157 e. The van der Waals surface area contributed by atoms with Gasteiger partial charge in [0.25, 0.3) is 0 Å². The van der Waals surface area contributed by atoms with Crippen molar-refractivity contribution in [2.75, 3.05) is 7.11 Å². The maximum absolute atomic E-state index is 16.4. The van der Waals surface area contributed by atoms with Gasteiger partial charge in [0.1, 0.15) is 30.5 Å². The number of halogens is 1. The molecule has 0 amide bonds. The largest absolute Gasteiger partial charge is 0.375 e. The van der Waals surface area contributed by atoms with Crippen LogP contribution in [0.5, 0.6) is 0 Å². The molecule has 0 N–H and O–H groups in total. The van der Waals surface area contributed by atoms with E-state index in [4.69, 9.17) is 23.7 Å². The van der Waals surface area contributed by atoms with Gasteiger partial charge in [-0.2, -0.15) is 0 Å². The topological polar surface area (TPSA) is 46.2 Å². The molecule has 0 bridgehead atoms. The molecular weight excluding hydrogens is 519 g/mol. The highest BCUT2D eigenvalue weighted by molar-refractivity contribution is 5.17. The molecule has 5 rings (SSSR count). The van der Waals surface area contributed by atoms with Gasteiger partial charge in [-0.25, -0.2) is 4.39 Å². The van der Waals surface area contributed by atoms with Crippen LogP contribution in [0.4, 0.5) is 4.39 Å². The fourth-order valence-corrected chi connectivity index (χ4v) is 5.20. The Labute approximate surface area is 241 Å².